The van der Waals surface area contributed by atoms with E-state index in [1.807, 2.05) is 11.8 Å². The van der Waals surface area contributed by atoms with Crippen LogP contribution in [0.2, 0.25) is 0 Å². The molecule has 0 amide bonds. The predicted molar refractivity (Wildman–Crippen MR) is 52.9 cm³/mol. The van der Waals surface area contributed by atoms with Crippen LogP contribution in [0, 0.1) is 0 Å². The standard InChI is InChI=1S/C8H12OS2/c1-2-7(9)11-8-5-3-4-6-10-8/h2,8H,1,3-6H2. The summed E-state index contributed by atoms with van der Waals surface area (Å²) in [5.41, 5.74) is 0. The largest absolute Gasteiger partial charge is 0.282 e. The fourth-order valence-corrected chi connectivity index (χ4v) is 3.43. The van der Waals surface area contributed by atoms with Gasteiger partial charge < -0.3 is 0 Å². The van der Waals surface area contributed by atoms with Crippen LogP contribution in [0.25, 0.3) is 0 Å². The molecule has 0 bridgehead atoms. The van der Waals surface area contributed by atoms with E-state index in [0.29, 0.717) is 4.58 Å². The summed E-state index contributed by atoms with van der Waals surface area (Å²) in [6.45, 7) is 3.45. The van der Waals surface area contributed by atoms with Crippen molar-refractivity contribution in [2.45, 2.75) is 23.8 Å². The first kappa shape index (κ1) is 9.20. The van der Waals surface area contributed by atoms with Crippen molar-refractivity contribution in [2.75, 3.05) is 5.75 Å². The van der Waals surface area contributed by atoms with Crippen LogP contribution in [-0.2, 0) is 4.79 Å². The molecule has 0 radical (unpaired) electrons. The van der Waals surface area contributed by atoms with Gasteiger partial charge in [0.15, 0.2) is 0 Å². The quantitative estimate of drug-likeness (QED) is 0.620. The lowest BCUT2D eigenvalue weighted by atomic mass is 10.3. The average molecular weight is 188 g/mol. The Morgan fingerprint density at radius 3 is 3.00 bits per heavy atom. The summed E-state index contributed by atoms with van der Waals surface area (Å²) in [6, 6.07) is 0. The minimum absolute atomic E-state index is 0.115. The van der Waals surface area contributed by atoms with Crippen molar-refractivity contribution in [1.29, 1.82) is 0 Å². The summed E-state index contributed by atoms with van der Waals surface area (Å²) in [4.78, 5) is 10.9. The van der Waals surface area contributed by atoms with Crippen LogP contribution < -0.4 is 0 Å². The minimum Gasteiger partial charge on any atom is -0.282 e. The summed E-state index contributed by atoms with van der Waals surface area (Å²) in [6.07, 6.45) is 5.16. The van der Waals surface area contributed by atoms with Crippen LogP contribution in [-0.4, -0.2) is 15.5 Å². The molecule has 3 heteroatoms. The van der Waals surface area contributed by atoms with E-state index < -0.39 is 0 Å². The van der Waals surface area contributed by atoms with Gasteiger partial charge in [-0.3, -0.25) is 4.79 Å². The Kier molecular flexibility index (Phi) is 4.08. The molecule has 1 aliphatic rings. The highest BCUT2D eigenvalue weighted by Crippen LogP contribution is 2.33. The Morgan fingerprint density at radius 1 is 1.64 bits per heavy atom. The third-order valence-corrected chi connectivity index (χ3v) is 4.28. The fourth-order valence-electron chi connectivity index (χ4n) is 0.982. The Bertz CT molecular complexity index is 150. The molecule has 0 saturated carbocycles. The van der Waals surface area contributed by atoms with Crippen molar-refractivity contribution in [2.24, 2.45) is 0 Å². The van der Waals surface area contributed by atoms with Crippen LogP contribution in [0.5, 0.6) is 0 Å². The topological polar surface area (TPSA) is 17.1 Å². The summed E-state index contributed by atoms with van der Waals surface area (Å²) < 4.78 is 0.495. The van der Waals surface area contributed by atoms with Crippen molar-refractivity contribution < 1.29 is 4.79 Å². The monoisotopic (exact) mass is 188 g/mol. The van der Waals surface area contributed by atoms with E-state index in [0.717, 1.165) is 0 Å². The van der Waals surface area contributed by atoms with E-state index in [1.165, 1.54) is 42.9 Å². The first-order chi connectivity index (χ1) is 5.33. The maximum Gasteiger partial charge on any atom is 0.212 e. The third kappa shape index (κ3) is 3.34. The Hall–Kier alpha value is 0.110. The molecular weight excluding hydrogens is 176 g/mol. The van der Waals surface area contributed by atoms with Gasteiger partial charge in [-0.25, -0.2) is 0 Å². The molecule has 1 aliphatic heterocycles. The number of rotatable bonds is 2. The average Bonchev–Trinajstić information content (AvgIpc) is 2.06. The smallest absolute Gasteiger partial charge is 0.212 e. The van der Waals surface area contributed by atoms with Gasteiger partial charge >= 0.3 is 0 Å². The van der Waals surface area contributed by atoms with Crippen molar-refractivity contribution >= 4 is 28.6 Å². The summed E-state index contributed by atoms with van der Waals surface area (Å²) >= 11 is 3.33. The van der Waals surface area contributed by atoms with E-state index in [4.69, 9.17) is 0 Å². The molecule has 11 heavy (non-hydrogen) atoms. The summed E-state index contributed by atoms with van der Waals surface area (Å²) in [5, 5.41) is 0.115. The minimum atomic E-state index is 0.115. The normalized spacial score (nSPS) is 24.5. The second kappa shape index (κ2) is 4.88. The maximum atomic E-state index is 10.9. The lowest BCUT2D eigenvalue weighted by Crippen LogP contribution is -2.07. The molecule has 0 aromatic rings. The van der Waals surface area contributed by atoms with Gasteiger partial charge in [-0.05, 0) is 24.7 Å². The van der Waals surface area contributed by atoms with Crippen LogP contribution in [0.15, 0.2) is 12.7 Å². The van der Waals surface area contributed by atoms with Gasteiger partial charge in [0.1, 0.15) is 0 Å². The highest BCUT2D eigenvalue weighted by atomic mass is 32.2. The van der Waals surface area contributed by atoms with Gasteiger partial charge in [0.05, 0.1) is 4.58 Å². The van der Waals surface area contributed by atoms with Crippen molar-refractivity contribution in [3.05, 3.63) is 12.7 Å². The van der Waals surface area contributed by atoms with Gasteiger partial charge in [0.2, 0.25) is 5.12 Å². The highest BCUT2D eigenvalue weighted by Gasteiger charge is 2.16. The van der Waals surface area contributed by atoms with Crippen molar-refractivity contribution in [3.63, 3.8) is 0 Å². The molecule has 62 valence electrons. The number of thioether (sulfide) groups is 2. The first-order valence-electron chi connectivity index (χ1n) is 3.77. The molecule has 1 nitrogen and oxygen atoms in total. The van der Waals surface area contributed by atoms with E-state index in [-0.39, 0.29) is 5.12 Å². The molecule has 0 N–H and O–H groups in total. The van der Waals surface area contributed by atoms with Crippen LogP contribution in [0.1, 0.15) is 19.3 Å². The summed E-state index contributed by atoms with van der Waals surface area (Å²) in [7, 11) is 0. The number of carbonyl (C=O) groups is 1. The first-order valence-corrected chi connectivity index (χ1v) is 5.70. The molecule has 1 atom stereocenters. The number of hydrogen-bond donors (Lipinski definition) is 0. The van der Waals surface area contributed by atoms with Gasteiger partial charge in [-0.15, -0.1) is 11.8 Å². The van der Waals surface area contributed by atoms with Crippen molar-refractivity contribution in [3.8, 4) is 0 Å². The molecule has 0 aromatic heterocycles. The second-order valence-electron chi connectivity index (χ2n) is 2.44. The van der Waals surface area contributed by atoms with Crippen LogP contribution >= 0.6 is 23.5 Å². The van der Waals surface area contributed by atoms with Crippen LogP contribution in [0.4, 0.5) is 0 Å². The zero-order valence-corrected chi connectivity index (χ0v) is 8.05. The van der Waals surface area contributed by atoms with Gasteiger partial charge in [-0.1, -0.05) is 24.8 Å². The molecule has 1 saturated heterocycles. The Labute approximate surface area is 76.0 Å². The molecular formula is C8H12OS2. The molecule has 1 rings (SSSR count). The molecule has 1 unspecified atom stereocenters. The lowest BCUT2D eigenvalue weighted by Gasteiger charge is -2.18. The Balaban J connectivity index is 2.24. The summed E-state index contributed by atoms with van der Waals surface area (Å²) in [5.74, 6) is 1.21. The second-order valence-corrected chi connectivity index (χ2v) is 5.25. The van der Waals surface area contributed by atoms with E-state index in [2.05, 4.69) is 6.58 Å². The predicted octanol–water partition coefficient (Wildman–Crippen LogP) is 2.68. The SMILES string of the molecule is C=CC(=O)SC1CCCCS1. The van der Waals surface area contributed by atoms with Gasteiger partial charge in [0, 0.05) is 0 Å². The number of carbonyl (C=O) groups excluding carboxylic acids is 1. The zero-order chi connectivity index (χ0) is 8.10. The van der Waals surface area contributed by atoms with Gasteiger partial charge in [-0.2, -0.15) is 0 Å². The molecule has 0 spiro atoms. The zero-order valence-electron chi connectivity index (χ0n) is 6.41. The molecule has 0 aliphatic carbocycles. The maximum absolute atomic E-state index is 10.9. The molecule has 1 heterocycles. The van der Waals surface area contributed by atoms with Crippen LogP contribution in [0.3, 0.4) is 0 Å². The third-order valence-electron chi connectivity index (χ3n) is 1.55. The highest BCUT2D eigenvalue weighted by molar-refractivity contribution is 8.25. The van der Waals surface area contributed by atoms with Gasteiger partial charge in [0.25, 0.3) is 0 Å². The van der Waals surface area contributed by atoms with E-state index in [9.17, 15) is 4.79 Å². The number of hydrogen-bond acceptors (Lipinski definition) is 3. The van der Waals surface area contributed by atoms with E-state index >= 15 is 0 Å². The Morgan fingerprint density at radius 2 is 2.45 bits per heavy atom. The molecule has 1 fully saturated rings. The molecule has 0 aromatic carbocycles. The van der Waals surface area contributed by atoms with Crippen molar-refractivity contribution in [1.82, 2.24) is 0 Å². The lowest BCUT2D eigenvalue weighted by molar-refractivity contribution is -0.107. The van der Waals surface area contributed by atoms with E-state index in [1.54, 1.807) is 0 Å². The fraction of sp³-hybridized carbons (Fsp3) is 0.625.